The topological polar surface area (TPSA) is 33.1 Å². The minimum absolute atomic E-state index is 0.0823. The van der Waals surface area contributed by atoms with E-state index in [4.69, 9.17) is 5.11 Å². The Morgan fingerprint density at radius 1 is 1.33 bits per heavy atom. The molecule has 0 aliphatic rings. The van der Waals surface area contributed by atoms with Crippen LogP contribution in [0.25, 0.3) is 0 Å². The number of rotatable bonds is 3. The third-order valence-corrected chi connectivity index (χ3v) is 1.68. The van der Waals surface area contributed by atoms with Gasteiger partial charge in [-0.15, -0.1) is 0 Å². The van der Waals surface area contributed by atoms with Crippen molar-refractivity contribution in [1.29, 1.82) is 0 Å². The molecule has 0 spiro atoms. The van der Waals surface area contributed by atoms with Gasteiger partial charge in [0.2, 0.25) is 0 Å². The van der Waals surface area contributed by atoms with E-state index >= 15 is 0 Å². The Bertz CT molecular complexity index is 245. The van der Waals surface area contributed by atoms with Crippen LogP contribution in [0.4, 0.5) is 0 Å². The molecule has 0 aromatic carbocycles. The third-order valence-electron chi connectivity index (χ3n) is 1.68. The number of pyridine rings is 1. The van der Waals surface area contributed by atoms with Crippen molar-refractivity contribution in [3.63, 3.8) is 0 Å². The lowest BCUT2D eigenvalue weighted by molar-refractivity contribution is 0.281. The molecule has 1 aromatic heterocycles. The molecule has 1 aromatic rings. The van der Waals surface area contributed by atoms with Crippen LogP contribution in [0.3, 0.4) is 0 Å². The Morgan fingerprint density at radius 3 is 2.58 bits per heavy atom. The van der Waals surface area contributed by atoms with Crippen molar-refractivity contribution >= 4 is 0 Å². The molecule has 0 aliphatic carbocycles. The van der Waals surface area contributed by atoms with Crippen molar-refractivity contribution in [2.75, 3.05) is 0 Å². The summed E-state index contributed by atoms with van der Waals surface area (Å²) in [6.07, 6.45) is 4.59. The summed E-state index contributed by atoms with van der Waals surface area (Å²) in [5.74, 6) is 0.640. The van der Waals surface area contributed by atoms with Gasteiger partial charge in [0, 0.05) is 12.4 Å². The lowest BCUT2D eigenvalue weighted by atomic mass is 10.0. The van der Waals surface area contributed by atoms with Crippen molar-refractivity contribution in [2.24, 2.45) is 5.92 Å². The summed E-state index contributed by atoms with van der Waals surface area (Å²) in [4.78, 5) is 4.05. The van der Waals surface area contributed by atoms with E-state index in [0.29, 0.717) is 5.92 Å². The highest BCUT2D eigenvalue weighted by Crippen LogP contribution is 2.08. The van der Waals surface area contributed by atoms with Gasteiger partial charge in [-0.1, -0.05) is 19.9 Å². The van der Waals surface area contributed by atoms with E-state index in [9.17, 15) is 0 Å². The zero-order valence-electron chi connectivity index (χ0n) is 7.62. The summed E-state index contributed by atoms with van der Waals surface area (Å²) < 4.78 is 0. The molecule has 0 bridgehead atoms. The molecular formula is C10H15NO. The molecule has 0 atom stereocenters. The molecule has 0 unspecified atom stereocenters. The first-order valence-corrected chi connectivity index (χ1v) is 4.26. The molecule has 2 heteroatoms. The van der Waals surface area contributed by atoms with Crippen LogP contribution in [0.2, 0.25) is 0 Å². The summed E-state index contributed by atoms with van der Waals surface area (Å²) >= 11 is 0. The maximum Gasteiger partial charge on any atom is 0.0696 e. The predicted octanol–water partition coefficient (Wildman–Crippen LogP) is 1.77. The minimum Gasteiger partial charge on any atom is -0.392 e. The fourth-order valence-electron chi connectivity index (χ4n) is 1.21. The monoisotopic (exact) mass is 165 g/mol. The lowest BCUT2D eigenvalue weighted by Crippen LogP contribution is -1.96. The van der Waals surface area contributed by atoms with E-state index in [0.717, 1.165) is 12.0 Å². The SMILES string of the molecule is CC(C)Cc1cncc(CO)c1. The molecule has 66 valence electrons. The van der Waals surface area contributed by atoms with E-state index in [1.54, 1.807) is 6.20 Å². The average molecular weight is 165 g/mol. The van der Waals surface area contributed by atoms with Gasteiger partial charge < -0.3 is 5.11 Å². The molecule has 1 heterocycles. The van der Waals surface area contributed by atoms with E-state index in [1.165, 1.54) is 5.56 Å². The van der Waals surface area contributed by atoms with Gasteiger partial charge in [-0.2, -0.15) is 0 Å². The van der Waals surface area contributed by atoms with Crippen LogP contribution in [0.15, 0.2) is 18.5 Å². The lowest BCUT2D eigenvalue weighted by Gasteiger charge is -2.04. The molecule has 1 rings (SSSR count). The first-order chi connectivity index (χ1) is 5.72. The van der Waals surface area contributed by atoms with Gasteiger partial charge in [-0.3, -0.25) is 4.98 Å². The van der Waals surface area contributed by atoms with Gasteiger partial charge in [-0.05, 0) is 23.5 Å². The number of nitrogens with zero attached hydrogens (tertiary/aromatic N) is 1. The minimum atomic E-state index is 0.0823. The number of aromatic nitrogens is 1. The largest absolute Gasteiger partial charge is 0.392 e. The van der Waals surface area contributed by atoms with Gasteiger partial charge >= 0.3 is 0 Å². The fraction of sp³-hybridized carbons (Fsp3) is 0.500. The van der Waals surface area contributed by atoms with Gasteiger partial charge in [0.15, 0.2) is 0 Å². The zero-order chi connectivity index (χ0) is 8.97. The van der Waals surface area contributed by atoms with Gasteiger partial charge in [0.25, 0.3) is 0 Å². The van der Waals surface area contributed by atoms with Crippen LogP contribution < -0.4 is 0 Å². The fourth-order valence-corrected chi connectivity index (χ4v) is 1.21. The second-order valence-electron chi connectivity index (χ2n) is 3.46. The Kier molecular flexibility index (Phi) is 3.23. The highest BCUT2D eigenvalue weighted by Gasteiger charge is 1.98. The van der Waals surface area contributed by atoms with Crippen molar-refractivity contribution in [1.82, 2.24) is 4.98 Å². The quantitative estimate of drug-likeness (QED) is 0.740. The third kappa shape index (κ3) is 2.62. The van der Waals surface area contributed by atoms with Crippen molar-refractivity contribution in [2.45, 2.75) is 26.9 Å². The molecule has 0 amide bonds. The van der Waals surface area contributed by atoms with Crippen LogP contribution in [0.1, 0.15) is 25.0 Å². The van der Waals surface area contributed by atoms with Crippen LogP contribution >= 0.6 is 0 Å². The number of hydrogen-bond acceptors (Lipinski definition) is 2. The highest BCUT2D eigenvalue weighted by atomic mass is 16.3. The summed E-state index contributed by atoms with van der Waals surface area (Å²) in [5.41, 5.74) is 2.10. The summed E-state index contributed by atoms with van der Waals surface area (Å²) in [7, 11) is 0. The van der Waals surface area contributed by atoms with E-state index in [1.807, 2.05) is 12.3 Å². The standard InChI is InChI=1S/C10H15NO/c1-8(2)3-9-4-10(7-12)6-11-5-9/h4-6,8,12H,3,7H2,1-2H3. The molecule has 0 aliphatic heterocycles. The maximum absolute atomic E-state index is 8.86. The first-order valence-electron chi connectivity index (χ1n) is 4.26. The summed E-state index contributed by atoms with van der Waals surface area (Å²) in [6, 6.07) is 2.01. The maximum atomic E-state index is 8.86. The molecule has 1 N–H and O–H groups in total. The van der Waals surface area contributed by atoms with Crippen LogP contribution in [-0.2, 0) is 13.0 Å². The Morgan fingerprint density at radius 2 is 2.00 bits per heavy atom. The van der Waals surface area contributed by atoms with Crippen LogP contribution in [-0.4, -0.2) is 10.1 Å². The van der Waals surface area contributed by atoms with E-state index < -0.39 is 0 Å². The molecular weight excluding hydrogens is 150 g/mol. The average Bonchev–Trinajstić information content (AvgIpc) is 2.03. The van der Waals surface area contributed by atoms with E-state index in [-0.39, 0.29) is 6.61 Å². The van der Waals surface area contributed by atoms with Crippen molar-refractivity contribution < 1.29 is 5.11 Å². The van der Waals surface area contributed by atoms with Crippen LogP contribution in [0, 0.1) is 5.92 Å². The molecule has 12 heavy (non-hydrogen) atoms. The summed E-state index contributed by atoms with van der Waals surface area (Å²) in [6.45, 7) is 4.43. The number of aliphatic hydroxyl groups excluding tert-OH is 1. The van der Waals surface area contributed by atoms with E-state index in [2.05, 4.69) is 18.8 Å². The molecule has 0 saturated carbocycles. The molecule has 0 fully saturated rings. The normalized spacial score (nSPS) is 10.7. The van der Waals surface area contributed by atoms with Gasteiger partial charge in [0.05, 0.1) is 6.61 Å². The Balaban J connectivity index is 2.72. The Hall–Kier alpha value is -0.890. The van der Waals surface area contributed by atoms with Crippen molar-refractivity contribution in [3.05, 3.63) is 29.6 Å². The molecule has 0 radical (unpaired) electrons. The van der Waals surface area contributed by atoms with Gasteiger partial charge in [-0.25, -0.2) is 0 Å². The second kappa shape index (κ2) is 4.21. The van der Waals surface area contributed by atoms with Gasteiger partial charge in [0.1, 0.15) is 0 Å². The number of hydrogen-bond donors (Lipinski definition) is 1. The smallest absolute Gasteiger partial charge is 0.0696 e. The Labute approximate surface area is 73.3 Å². The van der Waals surface area contributed by atoms with Crippen molar-refractivity contribution in [3.8, 4) is 0 Å². The predicted molar refractivity (Wildman–Crippen MR) is 48.7 cm³/mol. The first kappa shape index (κ1) is 9.20. The van der Waals surface area contributed by atoms with Crippen LogP contribution in [0.5, 0.6) is 0 Å². The zero-order valence-corrected chi connectivity index (χ0v) is 7.62. The second-order valence-corrected chi connectivity index (χ2v) is 3.46. The highest BCUT2D eigenvalue weighted by molar-refractivity contribution is 5.17. The number of aliphatic hydroxyl groups is 1. The molecule has 0 saturated heterocycles. The summed E-state index contributed by atoms with van der Waals surface area (Å²) in [5, 5.41) is 8.86. The molecule has 2 nitrogen and oxygen atoms in total.